The van der Waals surface area contributed by atoms with Crippen LogP contribution in [0, 0.1) is 6.92 Å². The minimum absolute atomic E-state index is 0.0248. The van der Waals surface area contributed by atoms with Crippen LogP contribution in [-0.2, 0) is 16.0 Å². The number of amides is 3. The van der Waals surface area contributed by atoms with Crippen molar-refractivity contribution in [2.45, 2.75) is 43.8 Å². The average molecular weight is 668 g/mol. The maximum Gasteiger partial charge on any atom is 0.272 e. The molecule has 4 aromatic rings. The molecule has 48 heavy (non-hydrogen) atoms. The molecule has 3 amide bonds. The maximum absolute atomic E-state index is 13.8. The van der Waals surface area contributed by atoms with Crippen LogP contribution in [0.15, 0.2) is 95.5 Å². The van der Waals surface area contributed by atoms with Gasteiger partial charge < -0.3 is 30.2 Å². The molecule has 9 nitrogen and oxygen atoms in total. The molecule has 0 saturated heterocycles. The molecular formula is C38H41N3O6S. The van der Waals surface area contributed by atoms with Gasteiger partial charge in [-0.05, 0) is 73.4 Å². The van der Waals surface area contributed by atoms with Crippen molar-refractivity contribution in [2.75, 3.05) is 32.0 Å². The first-order chi connectivity index (χ1) is 23.2. The highest BCUT2D eigenvalue weighted by Gasteiger charge is 2.21. The van der Waals surface area contributed by atoms with E-state index in [-0.39, 0.29) is 16.9 Å². The molecule has 0 aliphatic carbocycles. The summed E-state index contributed by atoms with van der Waals surface area (Å²) in [6.45, 7) is 6.02. The second-order valence-corrected chi connectivity index (χ2v) is 12.1. The highest BCUT2D eigenvalue weighted by Crippen LogP contribution is 2.36. The average Bonchev–Trinajstić information content (AvgIpc) is 3.11. The van der Waals surface area contributed by atoms with Crippen molar-refractivity contribution in [3.8, 4) is 17.2 Å². The first-order valence-electron chi connectivity index (χ1n) is 15.6. The van der Waals surface area contributed by atoms with Gasteiger partial charge >= 0.3 is 0 Å². The van der Waals surface area contributed by atoms with E-state index in [0.717, 1.165) is 28.1 Å². The number of hydrogen-bond donors (Lipinski definition) is 3. The van der Waals surface area contributed by atoms with Gasteiger partial charge in [0.2, 0.25) is 5.91 Å². The van der Waals surface area contributed by atoms with E-state index in [0.29, 0.717) is 40.5 Å². The largest absolute Gasteiger partial charge is 0.496 e. The first kappa shape index (κ1) is 35.6. The molecule has 1 unspecified atom stereocenters. The molecule has 10 heteroatoms. The lowest BCUT2D eigenvalue weighted by molar-refractivity contribution is -0.116. The lowest BCUT2D eigenvalue weighted by Gasteiger charge is -2.18. The summed E-state index contributed by atoms with van der Waals surface area (Å²) < 4.78 is 16.4. The normalized spacial score (nSPS) is 11.7. The molecule has 0 spiro atoms. The Balaban J connectivity index is 1.60. The van der Waals surface area contributed by atoms with E-state index in [1.54, 1.807) is 54.6 Å². The fourth-order valence-electron chi connectivity index (χ4n) is 5.00. The first-order valence-corrected chi connectivity index (χ1v) is 16.4. The maximum atomic E-state index is 13.8. The van der Waals surface area contributed by atoms with E-state index in [9.17, 15) is 14.4 Å². The van der Waals surface area contributed by atoms with Crippen LogP contribution in [-0.4, -0.2) is 44.3 Å². The highest BCUT2D eigenvalue weighted by atomic mass is 32.2. The van der Waals surface area contributed by atoms with E-state index in [4.69, 9.17) is 14.2 Å². The van der Waals surface area contributed by atoms with Crippen LogP contribution < -0.4 is 30.2 Å². The van der Waals surface area contributed by atoms with Gasteiger partial charge in [-0.15, -0.1) is 11.8 Å². The number of anilines is 2. The Morgan fingerprint density at radius 2 is 1.48 bits per heavy atom. The summed E-state index contributed by atoms with van der Waals surface area (Å²) >= 11 is 1.42. The standard InChI is InChI=1S/C38H41N3O6S/c1-7-25-17-12-14-24(3)35(25)41-38(44)34(8-2)48-29-19-13-18-28(22-29)39-37(43)30(40-36(42)26-15-10-9-11-16-26)20-27-21-32(46-5)33(47-6)23-31(27)45-4/h9-23,34H,7-8H2,1-6H3,(H,39,43)(H,40,42)(H,41,44)/b30-20+. The summed E-state index contributed by atoms with van der Waals surface area (Å²) in [7, 11) is 4.52. The summed E-state index contributed by atoms with van der Waals surface area (Å²) in [5.41, 5.74) is 4.29. The van der Waals surface area contributed by atoms with Crippen LogP contribution in [0.1, 0.15) is 47.3 Å². The van der Waals surface area contributed by atoms with Crippen molar-refractivity contribution in [1.82, 2.24) is 5.32 Å². The second kappa shape index (κ2) is 17.1. The van der Waals surface area contributed by atoms with E-state index >= 15 is 0 Å². The van der Waals surface area contributed by atoms with E-state index < -0.39 is 11.8 Å². The summed E-state index contributed by atoms with van der Waals surface area (Å²) in [5.74, 6) is 0.173. The van der Waals surface area contributed by atoms with Crippen LogP contribution in [0.4, 0.5) is 11.4 Å². The van der Waals surface area contributed by atoms with Gasteiger partial charge in [0.05, 0.1) is 26.6 Å². The molecule has 0 saturated carbocycles. The molecular weight excluding hydrogens is 627 g/mol. The van der Waals surface area contributed by atoms with Crippen LogP contribution >= 0.6 is 11.8 Å². The molecule has 3 N–H and O–H groups in total. The van der Waals surface area contributed by atoms with Gasteiger partial charge in [0.1, 0.15) is 11.4 Å². The number of para-hydroxylation sites is 1. The second-order valence-electron chi connectivity index (χ2n) is 10.8. The number of carbonyl (C=O) groups is 3. The number of nitrogens with one attached hydrogen (secondary N) is 3. The minimum atomic E-state index is -0.560. The summed E-state index contributed by atoms with van der Waals surface area (Å²) in [6.07, 6.45) is 2.93. The Kier molecular flexibility index (Phi) is 12.7. The number of carbonyl (C=O) groups excluding carboxylic acids is 3. The van der Waals surface area contributed by atoms with Gasteiger partial charge in [-0.3, -0.25) is 14.4 Å². The smallest absolute Gasteiger partial charge is 0.272 e. The van der Waals surface area contributed by atoms with Crippen molar-refractivity contribution in [3.05, 3.63) is 113 Å². The molecule has 1 atom stereocenters. The van der Waals surface area contributed by atoms with Crippen molar-refractivity contribution >= 4 is 46.9 Å². The minimum Gasteiger partial charge on any atom is -0.496 e. The topological polar surface area (TPSA) is 115 Å². The molecule has 0 aliphatic heterocycles. The third-order valence-electron chi connectivity index (χ3n) is 7.59. The molecule has 0 aliphatic rings. The Bertz CT molecular complexity index is 1790. The van der Waals surface area contributed by atoms with Crippen molar-refractivity contribution < 1.29 is 28.6 Å². The predicted molar refractivity (Wildman–Crippen MR) is 192 cm³/mol. The number of thioether (sulfide) groups is 1. The molecule has 4 aromatic carbocycles. The van der Waals surface area contributed by atoms with E-state index in [1.165, 1.54) is 39.2 Å². The van der Waals surface area contributed by atoms with Crippen LogP contribution in [0.5, 0.6) is 17.2 Å². The molecule has 0 bridgehead atoms. The number of rotatable bonds is 14. The van der Waals surface area contributed by atoms with Gasteiger partial charge in [-0.2, -0.15) is 0 Å². The molecule has 0 aromatic heterocycles. The highest BCUT2D eigenvalue weighted by molar-refractivity contribution is 8.00. The summed E-state index contributed by atoms with van der Waals surface area (Å²) in [4.78, 5) is 41.2. The number of hydrogen-bond acceptors (Lipinski definition) is 7. The predicted octanol–water partition coefficient (Wildman–Crippen LogP) is 7.50. The van der Waals surface area contributed by atoms with E-state index in [2.05, 4.69) is 22.9 Å². The number of benzene rings is 4. The number of ether oxygens (including phenoxy) is 3. The summed E-state index contributed by atoms with van der Waals surface area (Å²) in [6, 6.07) is 25.2. The fourth-order valence-corrected chi connectivity index (χ4v) is 6.01. The van der Waals surface area contributed by atoms with Crippen LogP contribution in [0.25, 0.3) is 6.08 Å². The van der Waals surface area contributed by atoms with Crippen molar-refractivity contribution in [3.63, 3.8) is 0 Å². The van der Waals surface area contributed by atoms with Gasteiger partial charge in [-0.25, -0.2) is 0 Å². The SMILES string of the molecule is CCc1cccc(C)c1NC(=O)C(CC)Sc1cccc(NC(=O)/C(=C\c2cc(OC)c(OC)cc2OC)NC(=O)c2ccccc2)c1. The Morgan fingerprint density at radius 1 is 0.792 bits per heavy atom. The Hall–Kier alpha value is -5.22. The van der Waals surface area contributed by atoms with Gasteiger partial charge in [0, 0.05) is 33.5 Å². The Labute approximate surface area is 286 Å². The third-order valence-corrected chi connectivity index (χ3v) is 8.94. The molecule has 0 fully saturated rings. The third kappa shape index (κ3) is 8.98. The van der Waals surface area contributed by atoms with Gasteiger partial charge in [-0.1, -0.05) is 56.3 Å². The van der Waals surface area contributed by atoms with E-state index in [1.807, 2.05) is 44.2 Å². The number of methoxy groups -OCH3 is 3. The zero-order chi connectivity index (χ0) is 34.6. The molecule has 0 radical (unpaired) electrons. The van der Waals surface area contributed by atoms with Gasteiger partial charge in [0.25, 0.3) is 11.8 Å². The monoisotopic (exact) mass is 667 g/mol. The Morgan fingerprint density at radius 3 is 2.15 bits per heavy atom. The van der Waals surface area contributed by atoms with Gasteiger partial charge in [0.15, 0.2) is 11.5 Å². The van der Waals surface area contributed by atoms with Crippen molar-refractivity contribution in [2.24, 2.45) is 0 Å². The zero-order valence-electron chi connectivity index (χ0n) is 28.0. The quantitative estimate of drug-likeness (QED) is 0.0942. The molecule has 250 valence electrons. The molecule has 0 heterocycles. The fraction of sp³-hybridized carbons (Fsp3) is 0.237. The number of aryl methyl sites for hydroxylation is 2. The lowest BCUT2D eigenvalue weighted by atomic mass is 10.1. The lowest BCUT2D eigenvalue weighted by Crippen LogP contribution is -2.30. The van der Waals surface area contributed by atoms with Crippen LogP contribution in [0.2, 0.25) is 0 Å². The van der Waals surface area contributed by atoms with Crippen molar-refractivity contribution in [1.29, 1.82) is 0 Å². The summed E-state index contributed by atoms with van der Waals surface area (Å²) in [5, 5.41) is 8.43. The van der Waals surface area contributed by atoms with Crippen LogP contribution in [0.3, 0.4) is 0 Å². The molecule has 4 rings (SSSR count). The zero-order valence-corrected chi connectivity index (χ0v) is 28.8.